The summed E-state index contributed by atoms with van der Waals surface area (Å²) in [4.78, 5) is 4.25. The molecule has 0 saturated carbocycles. The average Bonchev–Trinajstić information content (AvgIpc) is 2.71. The number of rotatable bonds is 2. The monoisotopic (exact) mass is 188 g/mol. The van der Waals surface area contributed by atoms with Crippen LogP contribution in [-0.2, 0) is 0 Å². The summed E-state index contributed by atoms with van der Waals surface area (Å²) in [5.41, 5.74) is 7.53. The molecule has 1 atom stereocenters. The highest BCUT2D eigenvalue weighted by Gasteiger charge is 2.01. The molecule has 0 aliphatic heterocycles. The standard InChI is InChI=1S/C10H12N4/c1-8(11)10-4-3-9(7-12-10)14-6-2-5-13-14/h2-8H,11H2,1H3. The lowest BCUT2D eigenvalue weighted by atomic mass is 10.2. The third-order valence-corrected chi connectivity index (χ3v) is 2.01. The smallest absolute Gasteiger partial charge is 0.0828 e. The summed E-state index contributed by atoms with van der Waals surface area (Å²) in [5, 5.41) is 4.11. The fourth-order valence-corrected chi connectivity index (χ4v) is 1.22. The molecule has 2 heterocycles. The topological polar surface area (TPSA) is 56.7 Å². The largest absolute Gasteiger partial charge is 0.323 e. The minimum atomic E-state index is -0.0262. The van der Waals surface area contributed by atoms with Gasteiger partial charge in [-0.2, -0.15) is 5.10 Å². The Labute approximate surface area is 82.4 Å². The van der Waals surface area contributed by atoms with Crippen molar-refractivity contribution >= 4 is 0 Å². The summed E-state index contributed by atoms with van der Waals surface area (Å²) in [6, 6.07) is 5.72. The van der Waals surface area contributed by atoms with Crippen LogP contribution in [0.1, 0.15) is 18.7 Å². The van der Waals surface area contributed by atoms with Crippen LogP contribution >= 0.6 is 0 Å². The predicted molar refractivity (Wildman–Crippen MR) is 54.0 cm³/mol. The summed E-state index contributed by atoms with van der Waals surface area (Å²) in [6.45, 7) is 1.91. The molecule has 1 unspecified atom stereocenters. The van der Waals surface area contributed by atoms with Crippen molar-refractivity contribution in [3.63, 3.8) is 0 Å². The van der Waals surface area contributed by atoms with E-state index < -0.39 is 0 Å². The van der Waals surface area contributed by atoms with Crippen molar-refractivity contribution in [2.24, 2.45) is 5.73 Å². The van der Waals surface area contributed by atoms with E-state index in [4.69, 9.17) is 5.73 Å². The van der Waals surface area contributed by atoms with E-state index in [9.17, 15) is 0 Å². The molecule has 72 valence electrons. The first-order valence-corrected chi connectivity index (χ1v) is 4.49. The van der Waals surface area contributed by atoms with Crippen LogP contribution in [0.2, 0.25) is 0 Å². The van der Waals surface area contributed by atoms with Gasteiger partial charge >= 0.3 is 0 Å². The van der Waals surface area contributed by atoms with E-state index in [0.717, 1.165) is 11.4 Å². The van der Waals surface area contributed by atoms with E-state index in [2.05, 4.69) is 10.1 Å². The van der Waals surface area contributed by atoms with Crippen LogP contribution < -0.4 is 5.73 Å². The molecule has 0 saturated heterocycles. The Morgan fingerprint density at radius 2 is 2.29 bits per heavy atom. The van der Waals surface area contributed by atoms with Crippen molar-refractivity contribution < 1.29 is 0 Å². The normalized spacial score (nSPS) is 12.7. The highest BCUT2D eigenvalue weighted by molar-refractivity contribution is 5.28. The van der Waals surface area contributed by atoms with Gasteiger partial charge in [-0.1, -0.05) is 0 Å². The first kappa shape index (κ1) is 8.90. The molecule has 14 heavy (non-hydrogen) atoms. The zero-order valence-corrected chi connectivity index (χ0v) is 7.96. The van der Waals surface area contributed by atoms with Crippen molar-refractivity contribution in [1.82, 2.24) is 14.8 Å². The lowest BCUT2D eigenvalue weighted by Gasteiger charge is -2.05. The molecule has 0 radical (unpaired) electrons. The van der Waals surface area contributed by atoms with Crippen molar-refractivity contribution in [3.8, 4) is 5.69 Å². The van der Waals surface area contributed by atoms with Gasteiger partial charge in [0.2, 0.25) is 0 Å². The molecule has 4 heteroatoms. The maximum absolute atomic E-state index is 5.70. The average molecular weight is 188 g/mol. The van der Waals surface area contributed by atoms with Crippen molar-refractivity contribution in [3.05, 3.63) is 42.5 Å². The Bertz CT molecular complexity index is 389. The Morgan fingerprint density at radius 1 is 1.43 bits per heavy atom. The third-order valence-electron chi connectivity index (χ3n) is 2.01. The van der Waals surface area contributed by atoms with Gasteiger partial charge in [0.25, 0.3) is 0 Å². The minimum Gasteiger partial charge on any atom is -0.323 e. The summed E-state index contributed by atoms with van der Waals surface area (Å²) < 4.78 is 1.76. The van der Waals surface area contributed by atoms with Gasteiger partial charge in [0.05, 0.1) is 17.6 Å². The van der Waals surface area contributed by atoms with Gasteiger partial charge in [0, 0.05) is 18.4 Å². The Balaban J connectivity index is 2.31. The van der Waals surface area contributed by atoms with E-state index in [-0.39, 0.29) is 6.04 Å². The second kappa shape index (κ2) is 3.59. The fraction of sp³-hybridized carbons (Fsp3) is 0.200. The van der Waals surface area contributed by atoms with Crippen LogP contribution in [0.4, 0.5) is 0 Å². The number of hydrogen-bond donors (Lipinski definition) is 1. The molecule has 2 rings (SSSR count). The summed E-state index contributed by atoms with van der Waals surface area (Å²) in [6.07, 6.45) is 5.38. The molecule has 2 aromatic heterocycles. The van der Waals surface area contributed by atoms with Crippen molar-refractivity contribution in [2.75, 3.05) is 0 Å². The number of nitrogens with zero attached hydrogens (tertiary/aromatic N) is 3. The molecule has 2 aromatic rings. The molecule has 0 aliphatic rings. The van der Waals surface area contributed by atoms with E-state index in [1.165, 1.54) is 0 Å². The van der Waals surface area contributed by atoms with E-state index in [1.54, 1.807) is 17.1 Å². The SMILES string of the molecule is CC(N)c1ccc(-n2cccn2)cn1. The summed E-state index contributed by atoms with van der Waals surface area (Å²) in [5.74, 6) is 0. The number of hydrogen-bond acceptors (Lipinski definition) is 3. The Morgan fingerprint density at radius 3 is 2.79 bits per heavy atom. The Kier molecular flexibility index (Phi) is 2.28. The first-order valence-electron chi connectivity index (χ1n) is 4.49. The van der Waals surface area contributed by atoms with Crippen molar-refractivity contribution in [1.29, 1.82) is 0 Å². The third kappa shape index (κ3) is 1.65. The zero-order chi connectivity index (χ0) is 9.97. The zero-order valence-electron chi connectivity index (χ0n) is 7.96. The van der Waals surface area contributed by atoms with Crippen LogP contribution in [0.5, 0.6) is 0 Å². The quantitative estimate of drug-likeness (QED) is 0.772. The maximum atomic E-state index is 5.70. The van der Waals surface area contributed by atoms with Gasteiger partial charge in [-0.15, -0.1) is 0 Å². The molecule has 0 bridgehead atoms. The van der Waals surface area contributed by atoms with Gasteiger partial charge in [0.15, 0.2) is 0 Å². The summed E-state index contributed by atoms with van der Waals surface area (Å²) in [7, 11) is 0. The lowest BCUT2D eigenvalue weighted by Crippen LogP contribution is -2.07. The molecule has 0 amide bonds. The molecule has 0 aliphatic carbocycles. The molecule has 2 N–H and O–H groups in total. The summed E-state index contributed by atoms with van der Waals surface area (Å²) >= 11 is 0. The second-order valence-electron chi connectivity index (χ2n) is 3.18. The predicted octanol–water partition coefficient (Wildman–Crippen LogP) is 1.29. The fourth-order valence-electron chi connectivity index (χ4n) is 1.22. The molecule has 0 fully saturated rings. The van der Waals surface area contributed by atoms with Gasteiger partial charge in [-0.05, 0) is 25.1 Å². The van der Waals surface area contributed by atoms with Gasteiger partial charge in [-0.25, -0.2) is 4.68 Å². The van der Waals surface area contributed by atoms with Crippen LogP contribution in [0.15, 0.2) is 36.8 Å². The number of aromatic nitrogens is 3. The van der Waals surface area contributed by atoms with Crippen LogP contribution in [0.25, 0.3) is 5.69 Å². The van der Waals surface area contributed by atoms with E-state index in [1.807, 2.05) is 31.3 Å². The van der Waals surface area contributed by atoms with Gasteiger partial charge in [0.1, 0.15) is 0 Å². The molecular weight excluding hydrogens is 176 g/mol. The highest BCUT2D eigenvalue weighted by Crippen LogP contribution is 2.09. The number of nitrogens with two attached hydrogens (primary N) is 1. The van der Waals surface area contributed by atoms with E-state index in [0.29, 0.717) is 0 Å². The number of pyridine rings is 1. The van der Waals surface area contributed by atoms with Crippen LogP contribution in [-0.4, -0.2) is 14.8 Å². The molecule has 0 spiro atoms. The first-order chi connectivity index (χ1) is 6.77. The molecular formula is C10H12N4. The molecule has 4 nitrogen and oxygen atoms in total. The van der Waals surface area contributed by atoms with Crippen LogP contribution in [0, 0.1) is 0 Å². The second-order valence-corrected chi connectivity index (χ2v) is 3.18. The maximum Gasteiger partial charge on any atom is 0.0828 e. The van der Waals surface area contributed by atoms with Gasteiger partial charge in [-0.3, -0.25) is 4.98 Å². The minimum absolute atomic E-state index is 0.0262. The van der Waals surface area contributed by atoms with Gasteiger partial charge < -0.3 is 5.73 Å². The highest BCUT2D eigenvalue weighted by atomic mass is 15.3. The van der Waals surface area contributed by atoms with Crippen LogP contribution in [0.3, 0.4) is 0 Å². The molecule has 0 aromatic carbocycles. The van der Waals surface area contributed by atoms with Crippen molar-refractivity contribution in [2.45, 2.75) is 13.0 Å². The Hall–Kier alpha value is -1.68. The van der Waals surface area contributed by atoms with E-state index >= 15 is 0 Å². The lowest BCUT2D eigenvalue weighted by molar-refractivity contribution is 0.775.